The summed E-state index contributed by atoms with van der Waals surface area (Å²) >= 11 is 6.20. The molecule has 0 bridgehead atoms. The Hall–Kier alpha value is -1.06. The third kappa shape index (κ3) is 2.63. The average molecular weight is 279 g/mol. The quantitative estimate of drug-likeness (QED) is 0.872. The van der Waals surface area contributed by atoms with Crippen molar-refractivity contribution in [2.75, 3.05) is 13.1 Å². The molecule has 1 aliphatic heterocycles. The minimum Gasteiger partial charge on any atom is -0.349 e. The van der Waals surface area contributed by atoms with Crippen LogP contribution in [-0.4, -0.2) is 19.0 Å². The minimum atomic E-state index is 0.122. The smallest absolute Gasteiger partial charge is 0.224 e. The van der Waals surface area contributed by atoms with Gasteiger partial charge in [-0.15, -0.1) is 0 Å². The van der Waals surface area contributed by atoms with Crippen molar-refractivity contribution in [1.82, 2.24) is 10.6 Å². The molecule has 2 unspecified atom stereocenters. The van der Waals surface area contributed by atoms with Crippen molar-refractivity contribution in [3.63, 3.8) is 0 Å². The van der Waals surface area contributed by atoms with Crippen LogP contribution in [0.2, 0.25) is 5.02 Å². The minimum absolute atomic E-state index is 0.122. The van der Waals surface area contributed by atoms with Gasteiger partial charge in [0.1, 0.15) is 0 Å². The first-order valence-corrected chi connectivity index (χ1v) is 7.42. The number of amides is 1. The Labute approximate surface area is 118 Å². The van der Waals surface area contributed by atoms with Gasteiger partial charge in [0, 0.05) is 11.6 Å². The van der Waals surface area contributed by atoms with E-state index in [1.807, 2.05) is 12.1 Å². The van der Waals surface area contributed by atoms with Gasteiger partial charge in [-0.3, -0.25) is 4.79 Å². The van der Waals surface area contributed by atoms with Gasteiger partial charge in [0.05, 0.1) is 12.0 Å². The summed E-state index contributed by atoms with van der Waals surface area (Å²) in [6.07, 6.45) is 4.01. The lowest BCUT2D eigenvalue weighted by Gasteiger charge is -2.24. The van der Waals surface area contributed by atoms with Gasteiger partial charge in [0.25, 0.3) is 0 Å². The maximum absolute atomic E-state index is 12.3. The summed E-state index contributed by atoms with van der Waals surface area (Å²) in [5.74, 6) is 0.307. The van der Waals surface area contributed by atoms with Crippen molar-refractivity contribution in [3.05, 3.63) is 34.3 Å². The van der Waals surface area contributed by atoms with Crippen LogP contribution in [0.5, 0.6) is 0 Å². The van der Waals surface area contributed by atoms with Crippen molar-refractivity contribution in [3.8, 4) is 0 Å². The van der Waals surface area contributed by atoms with E-state index in [0.717, 1.165) is 43.8 Å². The van der Waals surface area contributed by atoms with Gasteiger partial charge in [-0.1, -0.05) is 23.7 Å². The SMILES string of the molecule is O=C(NC1CCc2c(Cl)cccc21)C1CCCNC1. The fourth-order valence-corrected chi connectivity index (χ4v) is 3.40. The molecule has 0 radical (unpaired) electrons. The Balaban J connectivity index is 1.69. The lowest BCUT2D eigenvalue weighted by atomic mass is 9.98. The lowest BCUT2D eigenvalue weighted by Crippen LogP contribution is -2.41. The monoisotopic (exact) mass is 278 g/mol. The highest BCUT2D eigenvalue weighted by atomic mass is 35.5. The third-order valence-electron chi connectivity index (χ3n) is 4.20. The number of fused-ring (bicyclic) bond motifs is 1. The molecule has 0 spiro atoms. The molecule has 1 aromatic rings. The first-order valence-electron chi connectivity index (χ1n) is 7.04. The Morgan fingerprint density at radius 3 is 3.05 bits per heavy atom. The van der Waals surface area contributed by atoms with E-state index in [2.05, 4.69) is 16.7 Å². The van der Waals surface area contributed by atoms with E-state index in [1.54, 1.807) is 0 Å². The standard InChI is InChI=1S/C15H19ClN2O/c16-13-5-1-4-12-11(13)6-7-14(12)18-15(19)10-3-2-8-17-9-10/h1,4-5,10,14,17H,2-3,6-9H2,(H,18,19). The number of carbonyl (C=O) groups excluding carboxylic acids is 1. The van der Waals surface area contributed by atoms with Crippen LogP contribution in [0.25, 0.3) is 0 Å². The molecule has 2 atom stereocenters. The summed E-state index contributed by atoms with van der Waals surface area (Å²) in [6, 6.07) is 6.12. The molecule has 3 rings (SSSR count). The molecule has 4 heteroatoms. The molecule has 102 valence electrons. The fraction of sp³-hybridized carbons (Fsp3) is 0.533. The van der Waals surface area contributed by atoms with Gasteiger partial charge in [-0.05, 0) is 49.4 Å². The van der Waals surface area contributed by atoms with Crippen molar-refractivity contribution < 1.29 is 4.79 Å². The van der Waals surface area contributed by atoms with Crippen molar-refractivity contribution in [2.24, 2.45) is 5.92 Å². The average Bonchev–Trinajstić information content (AvgIpc) is 2.84. The second-order valence-corrected chi connectivity index (χ2v) is 5.86. The van der Waals surface area contributed by atoms with Crippen LogP contribution >= 0.6 is 11.6 Å². The van der Waals surface area contributed by atoms with Crippen LogP contribution in [0.4, 0.5) is 0 Å². The van der Waals surface area contributed by atoms with Gasteiger partial charge >= 0.3 is 0 Å². The summed E-state index contributed by atoms with van der Waals surface area (Å²) in [5.41, 5.74) is 2.40. The molecule has 0 saturated carbocycles. The maximum Gasteiger partial charge on any atom is 0.224 e. The number of hydrogen-bond acceptors (Lipinski definition) is 2. The molecule has 1 amide bonds. The Kier molecular flexibility index (Phi) is 3.76. The van der Waals surface area contributed by atoms with E-state index in [9.17, 15) is 4.79 Å². The van der Waals surface area contributed by atoms with Crippen LogP contribution in [0.1, 0.15) is 36.4 Å². The van der Waals surface area contributed by atoms with Gasteiger partial charge in [-0.25, -0.2) is 0 Å². The van der Waals surface area contributed by atoms with Crippen molar-refractivity contribution in [1.29, 1.82) is 0 Å². The molecular formula is C15H19ClN2O. The zero-order valence-corrected chi connectivity index (χ0v) is 11.7. The first-order chi connectivity index (χ1) is 9.25. The highest BCUT2D eigenvalue weighted by Gasteiger charge is 2.28. The number of hydrogen-bond donors (Lipinski definition) is 2. The number of nitrogens with one attached hydrogen (secondary N) is 2. The van der Waals surface area contributed by atoms with Gasteiger partial charge in [0.15, 0.2) is 0 Å². The molecule has 0 aromatic heterocycles. The Bertz CT molecular complexity index is 483. The molecule has 1 aromatic carbocycles. The van der Waals surface area contributed by atoms with Crippen LogP contribution in [0.15, 0.2) is 18.2 Å². The third-order valence-corrected chi connectivity index (χ3v) is 4.55. The van der Waals surface area contributed by atoms with Gasteiger partial charge in [0.2, 0.25) is 5.91 Å². The van der Waals surface area contributed by atoms with E-state index >= 15 is 0 Å². The van der Waals surface area contributed by atoms with Crippen molar-refractivity contribution in [2.45, 2.75) is 31.7 Å². The molecular weight excluding hydrogens is 260 g/mol. The highest BCUT2D eigenvalue weighted by Crippen LogP contribution is 2.35. The molecule has 3 nitrogen and oxygen atoms in total. The molecule has 2 N–H and O–H groups in total. The largest absolute Gasteiger partial charge is 0.349 e. The Morgan fingerprint density at radius 2 is 2.26 bits per heavy atom. The van der Waals surface area contributed by atoms with E-state index < -0.39 is 0 Å². The molecule has 1 heterocycles. The predicted octanol–water partition coefficient (Wildman–Crippen LogP) is 2.44. The van der Waals surface area contributed by atoms with E-state index in [-0.39, 0.29) is 17.9 Å². The zero-order chi connectivity index (χ0) is 13.2. The summed E-state index contributed by atoms with van der Waals surface area (Å²) in [6.45, 7) is 1.84. The number of carbonyl (C=O) groups is 1. The van der Waals surface area contributed by atoms with Crippen LogP contribution in [0.3, 0.4) is 0 Å². The fourth-order valence-electron chi connectivity index (χ4n) is 3.12. The van der Waals surface area contributed by atoms with E-state index in [4.69, 9.17) is 11.6 Å². The van der Waals surface area contributed by atoms with Crippen LogP contribution in [-0.2, 0) is 11.2 Å². The zero-order valence-electron chi connectivity index (χ0n) is 10.9. The van der Waals surface area contributed by atoms with Crippen LogP contribution in [0, 0.1) is 5.92 Å². The van der Waals surface area contributed by atoms with Gasteiger partial charge in [-0.2, -0.15) is 0 Å². The van der Waals surface area contributed by atoms with Crippen LogP contribution < -0.4 is 10.6 Å². The highest BCUT2D eigenvalue weighted by molar-refractivity contribution is 6.31. The molecule has 1 saturated heterocycles. The maximum atomic E-state index is 12.3. The molecule has 2 aliphatic rings. The van der Waals surface area contributed by atoms with E-state index in [0.29, 0.717) is 0 Å². The number of rotatable bonds is 2. The van der Waals surface area contributed by atoms with Crippen molar-refractivity contribution >= 4 is 17.5 Å². The Morgan fingerprint density at radius 1 is 1.37 bits per heavy atom. The van der Waals surface area contributed by atoms with E-state index in [1.165, 1.54) is 11.1 Å². The first kappa shape index (κ1) is 12.9. The normalized spacial score (nSPS) is 25.9. The molecule has 1 fully saturated rings. The molecule has 19 heavy (non-hydrogen) atoms. The lowest BCUT2D eigenvalue weighted by molar-refractivity contribution is -0.126. The molecule has 1 aliphatic carbocycles. The number of benzene rings is 1. The number of piperidine rings is 1. The summed E-state index contributed by atoms with van der Waals surface area (Å²) in [4.78, 5) is 12.3. The predicted molar refractivity (Wildman–Crippen MR) is 76.3 cm³/mol. The topological polar surface area (TPSA) is 41.1 Å². The summed E-state index contributed by atoms with van der Waals surface area (Å²) in [7, 11) is 0. The van der Waals surface area contributed by atoms with Gasteiger partial charge < -0.3 is 10.6 Å². The summed E-state index contributed by atoms with van der Waals surface area (Å²) < 4.78 is 0. The number of halogens is 1. The second kappa shape index (κ2) is 5.51. The second-order valence-electron chi connectivity index (χ2n) is 5.45. The summed E-state index contributed by atoms with van der Waals surface area (Å²) in [5, 5.41) is 7.31.